The minimum atomic E-state index is -2.11. The van der Waals surface area contributed by atoms with Crippen LogP contribution in [-0.4, -0.2) is 16.5 Å². The number of halogens is 3. The molecule has 0 saturated heterocycles. The number of hydrogen-bond donors (Lipinski definition) is 0. The second kappa shape index (κ2) is 5.17. The van der Waals surface area contributed by atoms with E-state index in [4.69, 9.17) is 0 Å². The van der Waals surface area contributed by atoms with E-state index in [1.165, 1.54) is 0 Å². The first-order chi connectivity index (χ1) is 8.68. The van der Waals surface area contributed by atoms with Gasteiger partial charge in [0.1, 0.15) is 5.78 Å². The maximum atomic E-state index is 13.5. The smallest absolute Gasteiger partial charge is 0.300 e. The van der Waals surface area contributed by atoms with Crippen LogP contribution in [0.3, 0.4) is 0 Å². The van der Waals surface area contributed by atoms with Gasteiger partial charge >= 0.3 is 5.69 Å². The van der Waals surface area contributed by atoms with Gasteiger partial charge < -0.3 is 0 Å². The van der Waals surface area contributed by atoms with Gasteiger partial charge in [-0.15, -0.1) is 0 Å². The standard InChI is InChI=1S/C11H8F3NO4/c1-4(16)3-6(17)7-5(2)11(15(18)19)10(14)9(13)8(7)12/h3H2,1-2H3. The molecule has 1 aromatic carbocycles. The number of nitro benzene ring substituents is 1. The maximum Gasteiger partial charge on any atom is 0.311 e. The molecule has 0 aromatic heterocycles. The molecule has 0 unspecified atom stereocenters. The van der Waals surface area contributed by atoms with Crippen molar-refractivity contribution < 1.29 is 27.7 Å². The third-order valence-corrected chi connectivity index (χ3v) is 2.41. The summed E-state index contributed by atoms with van der Waals surface area (Å²) in [5.41, 5.74) is -2.93. The molecule has 0 aliphatic heterocycles. The molecular weight excluding hydrogens is 267 g/mol. The number of nitro groups is 1. The summed E-state index contributed by atoms with van der Waals surface area (Å²) in [6, 6.07) is 0. The fraction of sp³-hybridized carbons (Fsp3) is 0.273. The predicted molar refractivity (Wildman–Crippen MR) is 57.3 cm³/mol. The highest BCUT2D eigenvalue weighted by molar-refractivity contribution is 6.08. The Morgan fingerprint density at radius 2 is 1.68 bits per heavy atom. The molecular formula is C11H8F3NO4. The number of rotatable bonds is 4. The molecule has 102 valence electrons. The summed E-state index contributed by atoms with van der Waals surface area (Å²) in [7, 11) is 0. The third kappa shape index (κ3) is 2.61. The Kier molecular flexibility index (Phi) is 4.03. The number of carbonyl (C=O) groups excluding carboxylic acids is 2. The number of benzene rings is 1. The summed E-state index contributed by atoms with van der Waals surface area (Å²) >= 11 is 0. The van der Waals surface area contributed by atoms with Crippen molar-refractivity contribution in [3.63, 3.8) is 0 Å². The fourth-order valence-corrected chi connectivity index (χ4v) is 1.62. The molecule has 0 aliphatic rings. The Balaban J connectivity index is 3.61. The zero-order valence-corrected chi connectivity index (χ0v) is 9.92. The first-order valence-electron chi connectivity index (χ1n) is 5.02. The minimum absolute atomic E-state index is 0.629. The Hall–Kier alpha value is -2.25. The molecule has 1 aromatic rings. The van der Waals surface area contributed by atoms with Gasteiger partial charge in [0.25, 0.3) is 0 Å². The zero-order chi connectivity index (χ0) is 14.9. The van der Waals surface area contributed by atoms with Crippen molar-refractivity contribution in [3.05, 3.63) is 38.7 Å². The van der Waals surface area contributed by atoms with Crippen molar-refractivity contribution in [3.8, 4) is 0 Å². The highest BCUT2D eigenvalue weighted by atomic mass is 19.2. The highest BCUT2D eigenvalue weighted by Crippen LogP contribution is 2.31. The van der Waals surface area contributed by atoms with Gasteiger partial charge in [-0.3, -0.25) is 19.7 Å². The molecule has 0 N–H and O–H groups in total. The second-order valence-electron chi connectivity index (χ2n) is 3.85. The lowest BCUT2D eigenvalue weighted by molar-refractivity contribution is -0.388. The summed E-state index contributed by atoms with van der Waals surface area (Å²) in [5.74, 6) is -7.67. The molecule has 0 radical (unpaired) electrons. The third-order valence-electron chi connectivity index (χ3n) is 2.41. The Morgan fingerprint density at radius 1 is 1.16 bits per heavy atom. The van der Waals surface area contributed by atoms with Crippen LogP contribution in [0, 0.1) is 34.5 Å². The molecule has 0 amide bonds. The van der Waals surface area contributed by atoms with E-state index in [1.54, 1.807) is 0 Å². The quantitative estimate of drug-likeness (QED) is 0.278. The summed E-state index contributed by atoms with van der Waals surface area (Å²) in [4.78, 5) is 31.7. The number of hydrogen-bond acceptors (Lipinski definition) is 4. The molecule has 0 fully saturated rings. The number of ketones is 2. The van der Waals surface area contributed by atoms with Crippen LogP contribution < -0.4 is 0 Å². The summed E-state index contributed by atoms with van der Waals surface area (Å²) in [6.45, 7) is 1.95. The van der Waals surface area contributed by atoms with Crippen LogP contribution >= 0.6 is 0 Å². The van der Waals surface area contributed by atoms with Crippen molar-refractivity contribution in [2.24, 2.45) is 0 Å². The van der Waals surface area contributed by atoms with Crippen molar-refractivity contribution in [1.29, 1.82) is 0 Å². The average molecular weight is 275 g/mol. The lowest BCUT2D eigenvalue weighted by Gasteiger charge is -2.08. The molecule has 19 heavy (non-hydrogen) atoms. The average Bonchev–Trinajstić information content (AvgIpc) is 2.24. The SMILES string of the molecule is CC(=O)CC(=O)c1c(C)c([N+](=O)[O-])c(F)c(F)c1F. The van der Waals surface area contributed by atoms with Crippen molar-refractivity contribution in [2.45, 2.75) is 20.3 Å². The van der Waals surface area contributed by atoms with Gasteiger partial charge in [0.2, 0.25) is 11.6 Å². The molecule has 0 spiro atoms. The van der Waals surface area contributed by atoms with E-state index in [9.17, 15) is 32.9 Å². The van der Waals surface area contributed by atoms with Crippen LogP contribution in [0.1, 0.15) is 29.3 Å². The van der Waals surface area contributed by atoms with Gasteiger partial charge in [0, 0.05) is 5.56 Å². The van der Waals surface area contributed by atoms with Crippen LogP contribution in [0.25, 0.3) is 0 Å². The van der Waals surface area contributed by atoms with E-state index in [1.807, 2.05) is 0 Å². The predicted octanol–water partition coefficient (Wildman–Crippen LogP) is 2.48. The van der Waals surface area contributed by atoms with Crippen LogP contribution in [0.2, 0.25) is 0 Å². The summed E-state index contributed by atoms with van der Waals surface area (Å²) < 4.78 is 39.9. The molecule has 0 bridgehead atoms. The van der Waals surface area contributed by atoms with Gasteiger partial charge in [0.05, 0.1) is 16.9 Å². The molecule has 0 saturated carbocycles. The summed E-state index contributed by atoms with van der Waals surface area (Å²) in [6.07, 6.45) is -0.750. The zero-order valence-electron chi connectivity index (χ0n) is 9.92. The Bertz CT molecular complexity index is 598. The fourth-order valence-electron chi connectivity index (χ4n) is 1.62. The molecule has 0 atom stereocenters. The largest absolute Gasteiger partial charge is 0.311 e. The monoisotopic (exact) mass is 275 g/mol. The van der Waals surface area contributed by atoms with Gasteiger partial charge in [-0.2, -0.15) is 4.39 Å². The highest BCUT2D eigenvalue weighted by Gasteiger charge is 2.32. The normalized spacial score (nSPS) is 10.4. The van der Waals surface area contributed by atoms with Gasteiger partial charge in [0.15, 0.2) is 11.6 Å². The van der Waals surface area contributed by atoms with Crippen LogP contribution in [-0.2, 0) is 4.79 Å². The molecule has 0 aliphatic carbocycles. The number of carbonyl (C=O) groups is 2. The molecule has 1 rings (SSSR count). The molecule has 8 heteroatoms. The van der Waals surface area contributed by atoms with Gasteiger partial charge in [-0.05, 0) is 13.8 Å². The topological polar surface area (TPSA) is 77.3 Å². The van der Waals surface area contributed by atoms with E-state index in [0.29, 0.717) is 0 Å². The van der Waals surface area contributed by atoms with Gasteiger partial charge in [-0.25, -0.2) is 8.78 Å². The maximum absolute atomic E-state index is 13.5. The van der Waals surface area contributed by atoms with E-state index >= 15 is 0 Å². The van der Waals surface area contributed by atoms with E-state index in [2.05, 4.69) is 0 Å². The first-order valence-corrected chi connectivity index (χ1v) is 5.02. The Morgan fingerprint density at radius 3 is 2.11 bits per heavy atom. The number of nitrogens with zero attached hydrogens (tertiary/aromatic N) is 1. The van der Waals surface area contributed by atoms with Crippen molar-refractivity contribution in [1.82, 2.24) is 0 Å². The second-order valence-corrected chi connectivity index (χ2v) is 3.85. The molecule has 0 heterocycles. The van der Waals surface area contributed by atoms with Gasteiger partial charge in [-0.1, -0.05) is 0 Å². The van der Waals surface area contributed by atoms with Crippen molar-refractivity contribution in [2.75, 3.05) is 0 Å². The minimum Gasteiger partial charge on any atom is -0.300 e. The van der Waals surface area contributed by atoms with Crippen LogP contribution in [0.5, 0.6) is 0 Å². The summed E-state index contributed by atoms with van der Waals surface area (Å²) in [5, 5.41) is 10.6. The van der Waals surface area contributed by atoms with E-state index in [0.717, 1.165) is 13.8 Å². The van der Waals surface area contributed by atoms with Crippen molar-refractivity contribution >= 4 is 17.3 Å². The van der Waals surface area contributed by atoms with E-state index in [-0.39, 0.29) is 0 Å². The van der Waals surface area contributed by atoms with Crippen LogP contribution in [0.15, 0.2) is 0 Å². The molecule has 5 nitrogen and oxygen atoms in total. The van der Waals surface area contributed by atoms with E-state index < -0.39 is 57.2 Å². The van der Waals surface area contributed by atoms with Crippen LogP contribution in [0.4, 0.5) is 18.9 Å². The lowest BCUT2D eigenvalue weighted by atomic mass is 9.98. The first kappa shape index (κ1) is 14.8. The lowest BCUT2D eigenvalue weighted by Crippen LogP contribution is -2.14. The number of Topliss-reactive ketones (excluding diaryl/α,β-unsaturated/α-hetero) is 2. The Labute approximate surface area is 105 Å².